The van der Waals surface area contributed by atoms with Gasteiger partial charge in [-0.25, -0.2) is 9.78 Å². The van der Waals surface area contributed by atoms with E-state index < -0.39 is 11.5 Å². The molecule has 0 radical (unpaired) electrons. The highest BCUT2D eigenvalue weighted by Crippen LogP contribution is 2.32. The first-order valence-electron chi connectivity index (χ1n) is 8.29. The van der Waals surface area contributed by atoms with E-state index in [1.165, 1.54) is 29.8 Å². The molecule has 27 heavy (non-hydrogen) atoms. The van der Waals surface area contributed by atoms with Crippen LogP contribution in [-0.4, -0.2) is 34.3 Å². The smallest absolute Gasteiger partial charge is 0.329 e. The van der Waals surface area contributed by atoms with Crippen LogP contribution in [0.2, 0.25) is 5.02 Å². The molecule has 0 aliphatic rings. The number of fused-ring (bicyclic) bond motifs is 1. The molecule has 3 rings (SSSR count). The van der Waals surface area contributed by atoms with Gasteiger partial charge in [0.1, 0.15) is 16.2 Å². The van der Waals surface area contributed by atoms with Crippen LogP contribution in [0, 0.1) is 0 Å². The number of carboxylic acids is 1. The van der Waals surface area contributed by atoms with Gasteiger partial charge in [-0.05, 0) is 31.5 Å². The zero-order valence-corrected chi connectivity index (χ0v) is 16.7. The van der Waals surface area contributed by atoms with E-state index in [-0.39, 0.29) is 5.56 Å². The summed E-state index contributed by atoms with van der Waals surface area (Å²) < 4.78 is 6.37. The number of aromatic nitrogens is 2. The van der Waals surface area contributed by atoms with Crippen molar-refractivity contribution in [2.45, 2.75) is 25.8 Å². The van der Waals surface area contributed by atoms with Crippen molar-refractivity contribution < 1.29 is 14.6 Å². The Labute approximate surface area is 165 Å². The van der Waals surface area contributed by atoms with Gasteiger partial charge < -0.3 is 9.84 Å². The molecule has 142 valence electrons. The molecular weight excluding hydrogens is 388 g/mol. The van der Waals surface area contributed by atoms with E-state index in [1.54, 1.807) is 19.2 Å². The minimum atomic E-state index is -1.44. The highest BCUT2D eigenvalue weighted by atomic mass is 35.5. The van der Waals surface area contributed by atoms with Gasteiger partial charge >= 0.3 is 5.97 Å². The molecule has 1 N–H and O–H groups in total. The standard InChI is InChI=1S/C19H19ClN2O4S/c1-19(2,18(24)25)22-14(8-9-26-3)21-16-15(17(22)23)13(10-27-16)11-4-6-12(20)7-5-11/h4-7,10H,8-9H2,1-3H3,(H,24,25). The van der Waals surface area contributed by atoms with Gasteiger partial charge in [0.2, 0.25) is 0 Å². The predicted molar refractivity (Wildman–Crippen MR) is 107 cm³/mol. The summed E-state index contributed by atoms with van der Waals surface area (Å²) in [5.41, 5.74) is -0.267. The number of halogens is 1. The zero-order valence-electron chi connectivity index (χ0n) is 15.2. The third-order valence-electron chi connectivity index (χ3n) is 4.44. The van der Waals surface area contributed by atoms with E-state index in [2.05, 4.69) is 4.98 Å². The molecule has 0 saturated carbocycles. The Kier molecular flexibility index (Phi) is 5.37. The Morgan fingerprint density at radius 1 is 1.33 bits per heavy atom. The van der Waals surface area contributed by atoms with E-state index in [0.29, 0.717) is 34.1 Å². The Morgan fingerprint density at radius 2 is 2.00 bits per heavy atom. The lowest BCUT2D eigenvalue weighted by atomic mass is 10.0. The zero-order chi connectivity index (χ0) is 19.8. The highest BCUT2D eigenvalue weighted by molar-refractivity contribution is 7.17. The summed E-state index contributed by atoms with van der Waals surface area (Å²) in [5, 5.41) is 12.6. The van der Waals surface area contributed by atoms with Crippen LogP contribution < -0.4 is 5.56 Å². The molecule has 0 fully saturated rings. The third kappa shape index (κ3) is 3.50. The molecular formula is C19H19ClN2O4S. The SMILES string of the molecule is COCCc1nc2scc(-c3ccc(Cl)cc3)c2c(=O)n1C(C)(C)C(=O)O. The molecule has 3 aromatic rings. The van der Waals surface area contributed by atoms with Crippen LogP contribution in [0.5, 0.6) is 0 Å². The number of carbonyl (C=O) groups is 1. The molecule has 0 bridgehead atoms. The molecule has 6 nitrogen and oxygen atoms in total. The number of nitrogens with zero attached hydrogens (tertiary/aromatic N) is 2. The van der Waals surface area contributed by atoms with E-state index in [1.807, 2.05) is 17.5 Å². The second-order valence-electron chi connectivity index (χ2n) is 6.61. The summed E-state index contributed by atoms with van der Waals surface area (Å²) in [5.74, 6) is -0.709. The molecule has 0 aliphatic heterocycles. The van der Waals surface area contributed by atoms with Crippen molar-refractivity contribution in [2.75, 3.05) is 13.7 Å². The van der Waals surface area contributed by atoms with Crippen molar-refractivity contribution in [3.05, 3.63) is 50.8 Å². The van der Waals surface area contributed by atoms with Gasteiger partial charge in [0.25, 0.3) is 5.56 Å². The molecule has 1 aromatic carbocycles. The maximum atomic E-state index is 13.4. The van der Waals surface area contributed by atoms with Gasteiger partial charge in [-0.2, -0.15) is 0 Å². The van der Waals surface area contributed by atoms with Gasteiger partial charge in [0.15, 0.2) is 0 Å². The van der Waals surface area contributed by atoms with Crippen LogP contribution >= 0.6 is 22.9 Å². The van der Waals surface area contributed by atoms with E-state index >= 15 is 0 Å². The van der Waals surface area contributed by atoms with Crippen LogP contribution in [0.4, 0.5) is 0 Å². The summed E-state index contributed by atoms with van der Waals surface area (Å²) in [4.78, 5) is 30.4. The quantitative estimate of drug-likeness (QED) is 0.673. The molecule has 0 spiro atoms. The highest BCUT2D eigenvalue weighted by Gasteiger charge is 2.34. The first kappa shape index (κ1) is 19.5. The van der Waals surface area contributed by atoms with Crippen LogP contribution in [-0.2, 0) is 21.5 Å². The van der Waals surface area contributed by atoms with Crippen molar-refractivity contribution in [3.8, 4) is 11.1 Å². The summed E-state index contributed by atoms with van der Waals surface area (Å²) >= 11 is 7.32. The number of carboxylic acid groups (broad SMARTS) is 1. The second-order valence-corrected chi connectivity index (χ2v) is 7.91. The molecule has 0 aliphatic carbocycles. The normalized spacial score (nSPS) is 11.9. The topological polar surface area (TPSA) is 81.4 Å². The Hall–Kier alpha value is -2.22. The molecule has 8 heteroatoms. The Bertz CT molecular complexity index is 1050. The van der Waals surface area contributed by atoms with E-state index in [9.17, 15) is 14.7 Å². The lowest BCUT2D eigenvalue weighted by Crippen LogP contribution is -2.45. The largest absolute Gasteiger partial charge is 0.480 e. The molecule has 0 unspecified atom stereocenters. The van der Waals surface area contributed by atoms with Gasteiger partial charge in [-0.15, -0.1) is 11.3 Å². The number of methoxy groups -OCH3 is 1. The van der Waals surface area contributed by atoms with E-state index in [4.69, 9.17) is 16.3 Å². The van der Waals surface area contributed by atoms with Gasteiger partial charge in [0.05, 0.1) is 12.0 Å². The fourth-order valence-corrected chi connectivity index (χ4v) is 3.99. The summed E-state index contributed by atoms with van der Waals surface area (Å²) in [6.07, 6.45) is 0.340. The number of thiophene rings is 1. The molecule has 0 saturated heterocycles. The average Bonchev–Trinajstić information content (AvgIpc) is 3.04. The summed E-state index contributed by atoms with van der Waals surface area (Å²) in [6, 6.07) is 7.16. The number of benzene rings is 1. The maximum Gasteiger partial charge on any atom is 0.329 e. The number of hydrogen-bond acceptors (Lipinski definition) is 5. The number of rotatable bonds is 6. The minimum Gasteiger partial charge on any atom is -0.480 e. The van der Waals surface area contributed by atoms with Crippen molar-refractivity contribution in [1.82, 2.24) is 9.55 Å². The summed E-state index contributed by atoms with van der Waals surface area (Å²) in [7, 11) is 1.55. The Morgan fingerprint density at radius 3 is 2.59 bits per heavy atom. The number of aliphatic carboxylic acids is 1. The van der Waals surface area contributed by atoms with Crippen LogP contribution in [0.15, 0.2) is 34.4 Å². The maximum absolute atomic E-state index is 13.4. The van der Waals surface area contributed by atoms with Crippen LogP contribution in [0.25, 0.3) is 21.3 Å². The minimum absolute atomic E-state index is 0.336. The molecule has 2 aromatic heterocycles. The van der Waals surface area contributed by atoms with Gasteiger partial charge in [-0.3, -0.25) is 9.36 Å². The molecule has 2 heterocycles. The van der Waals surface area contributed by atoms with Crippen molar-refractivity contribution in [1.29, 1.82) is 0 Å². The van der Waals surface area contributed by atoms with Crippen LogP contribution in [0.3, 0.4) is 0 Å². The average molecular weight is 407 g/mol. The Balaban J connectivity index is 2.32. The molecule has 0 atom stereocenters. The number of ether oxygens (including phenoxy) is 1. The fourth-order valence-electron chi connectivity index (χ4n) is 2.91. The van der Waals surface area contributed by atoms with Crippen molar-refractivity contribution in [3.63, 3.8) is 0 Å². The predicted octanol–water partition coefficient (Wildman–Crippen LogP) is 3.79. The first-order valence-corrected chi connectivity index (χ1v) is 9.55. The van der Waals surface area contributed by atoms with Gasteiger partial charge in [-0.1, -0.05) is 23.7 Å². The summed E-state index contributed by atoms with van der Waals surface area (Å²) in [6.45, 7) is 3.33. The van der Waals surface area contributed by atoms with E-state index in [0.717, 1.165) is 11.1 Å². The number of hydrogen-bond donors (Lipinski definition) is 1. The second kappa shape index (κ2) is 7.42. The third-order valence-corrected chi connectivity index (χ3v) is 5.57. The lowest BCUT2D eigenvalue weighted by Gasteiger charge is -2.25. The fraction of sp³-hybridized carbons (Fsp3) is 0.316. The van der Waals surface area contributed by atoms with Crippen LogP contribution in [0.1, 0.15) is 19.7 Å². The lowest BCUT2D eigenvalue weighted by molar-refractivity contribution is -0.146. The monoisotopic (exact) mass is 406 g/mol. The first-order chi connectivity index (χ1) is 12.8. The molecule has 0 amide bonds. The van der Waals surface area contributed by atoms with Gasteiger partial charge in [0, 0.05) is 29.5 Å². The van der Waals surface area contributed by atoms with Crippen molar-refractivity contribution in [2.24, 2.45) is 0 Å². The van der Waals surface area contributed by atoms with Crippen molar-refractivity contribution >= 4 is 39.1 Å².